The maximum absolute atomic E-state index is 12.6. The second kappa shape index (κ2) is 4.19. The van der Waals surface area contributed by atoms with Crippen LogP contribution < -0.4 is 10.6 Å². The molecule has 1 heterocycles. The van der Waals surface area contributed by atoms with Gasteiger partial charge in [-0.1, -0.05) is 6.92 Å². The molecule has 1 amide bonds. The molecule has 98 valence electrons. The van der Waals surface area contributed by atoms with Gasteiger partial charge in [-0.05, 0) is 24.1 Å². The van der Waals surface area contributed by atoms with Crippen molar-refractivity contribution < 1.29 is 18.0 Å². The zero-order valence-electron chi connectivity index (χ0n) is 9.79. The Balaban J connectivity index is 2.40. The summed E-state index contributed by atoms with van der Waals surface area (Å²) in [5, 5.41) is 0. The molecule has 1 aliphatic heterocycles. The normalized spacial score (nSPS) is 20.6. The highest BCUT2D eigenvalue weighted by Crippen LogP contribution is 2.35. The lowest BCUT2D eigenvalue weighted by atomic mass is 10.1. The van der Waals surface area contributed by atoms with Gasteiger partial charge in [-0.3, -0.25) is 4.79 Å². The summed E-state index contributed by atoms with van der Waals surface area (Å²) in [6.07, 6.45) is -4.10. The molecule has 0 bridgehead atoms. The Hall–Kier alpha value is -1.72. The number of halogens is 3. The van der Waals surface area contributed by atoms with Crippen molar-refractivity contribution in [1.29, 1.82) is 0 Å². The number of anilines is 2. The lowest BCUT2D eigenvalue weighted by Gasteiger charge is -2.18. The fourth-order valence-electron chi connectivity index (χ4n) is 2.09. The fourth-order valence-corrected chi connectivity index (χ4v) is 2.09. The fraction of sp³-hybridized carbons (Fsp3) is 0.417. The van der Waals surface area contributed by atoms with Gasteiger partial charge in [-0.2, -0.15) is 13.2 Å². The maximum Gasteiger partial charge on any atom is 0.416 e. The Kier molecular flexibility index (Phi) is 2.96. The van der Waals surface area contributed by atoms with Crippen LogP contribution >= 0.6 is 0 Å². The van der Waals surface area contributed by atoms with E-state index in [0.29, 0.717) is 13.0 Å². The molecule has 2 N–H and O–H groups in total. The van der Waals surface area contributed by atoms with Crippen LogP contribution in [0.15, 0.2) is 18.2 Å². The molecular weight excluding hydrogens is 245 g/mol. The third-order valence-corrected chi connectivity index (χ3v) is 2.90. The molecule has 1 aromatic carbocycles. The van der Waals surface area contributed by atoms with Gasteiger partial charge in [0.15, 0.2) is 0 Å². The van der Waals surface area contributed by atoms with E-state index in [1.54, 1.807) is 0 Å². The van der Waals surface area contributed by atoms with Crippen molar-refractivity contribution in [2.24, 2.45) is 5.92 Å². The van der Waals surface area contributed by atoms with Crippen LogP contribution in [-0.2, 0) is 11.0 Å². The Morgan fingerprint density at radius 1 is 1.33 bits per heavy atom. The Morgan fingerprint density at radius 3 is 2.50 bits per heavy atom. The summed E-state index contributed by atoms with van der Waals surface area (Å²) < 4.78 is 37.9. The van der Waals surface area contributed by atoms with Gasteiger partial charge in [0, 0.05) is 24.3 Å². The van der Waals surface area contributed by atoms with Crippen LogP contribution in [0.25, 0.3) is 0 Å². The van der Waals surface area contributed by atoms with Crippen molar-refractivity contribution in [1.82, 2.24) is 0 Å². The first-order valence-corrected chi connectivity index (χ1v) is 5.55. The zero-order valence-corrected chi connectivity index (χ0v) is 9.79. The molecule has 1 fully saturated rings. The van der Waals surface area contributed by atoms with Crippen LogP contribution in [-0.4, -0.2) is 12.5 Å². The SMILES string of the molecule is CC1CC(=O)N(c2cc(N)cc(C(F)(F)F)c2)C1. The van der Waals surface area contributed by atoms with E-state index in [0.717, 1.165) is 12.1 Å². The number of carbonyl (C=O) groups excluding carboxylic acids is 1. The molecule has 1 aromatic rings. The monoisotopic (exact) mass is 258 g/mol. The van der Waals surface area contributed by atoms with E-state index >= 15 is 0 Å². The average Bonchev–Trinajstić information content (AvgIpc) is 2.55. The molecule has 0 spiro atoms. The van der Waals surface area contributed by atoms with Gasteiger partial charge >= 0.3 is 6.18 Å². The summed E-state index contributed by atoms with van der Waals surface area (Å²) in [5.74, 6) is -0.0190. The molecule has 0 saturated carbocycles. The first kappa shape index (κ1) is 12.7. The minimum absolute atomic E-state index is 0.00665. The Labute approximate surface area is 102 Å². The summed E-state index contributed by atoms with van der Waals surface area (Å²) in [6.45, 7) is 2.31. The molecule has 0 aliphatic carbocycles. The van der Waals surface area contributed by atoms with Crippen molar-refractivity contribution in [3.05, 3.63) is 23.8 Å². The van der Waals surface area contributed by atoms with Crippen molar-refractivity contribution in [3.63, 3.8) is 0 Å². The van der Waals surface area contributed by atoms with Crippen molar-refractivity contribution in [3.8, 4) is 0 Å². The largest absolute Gasteiger partial charge is 0.416 e. The lowest BCUT2D eigenvalue weighted by molar-refractivity contribution is -0.137. The van der Waals surface area contributed by atoms with Crippen LogP contribution in [0, 0.1) is 5.92 Å². The van der Waals surface area contributed by atoms with Crippen molar-refractivity contribution >= 4 is 17.3 Å². The summed E-state index contributed by atoms with van der Waals surface area (Å²) in [6, 6.07) is 3.23. The number of nitrogens with two attached hydrogens (primary N) is 1. The maximum atomic E-state index is 12.6. The van der Waals surface area contributed by atoms with Gasteiger partial charge < -0.3 is 10.6 Å². The summed E-state index contributed by atoms with van der Waals surface area (Å²) in [4.78, 5) is 13.0. The number of alkyl halides is 3. The molecule has 3 nitrogen and oxygen atoms in total. The Bertz CT molecular complexity index is 485. The standard InChI is InChI=1S/C12H13F3N2O/c1-7-2-11(18)17(6-7)10-4-8(12(13,14)15)3-9(16)5-10/h3-5,7H,2,6,16H2,1H3. The smallest absolute Gasteiger partial charge is 0.399 e. The minimum atomic E-state index is -4.46. The first-order valence-electron chi connectivity index (χ1n) is 5.55. The zero-order chi connectivity index (χ0) is 13.5. The molecule has 0 radical (unpaired) electrons. The van der Waals surface area contributed by atoms with Crippen molar-refractivity contribution in [2.45, 2.75) is 19.5 Å². The number of benzene rings is 1. The molecule has 2 rings (SSSR count). The van der Waals surface area contributed by atoms with E-state index in [2.05, 4.69) is 0 Å². The van der Waals surface area contributed by atoms with Gasteiger partial charge in [0.2, 0.25) is 5.91 Å². The second-order valence-electron chi connectivity index (χ2n) is 4.62. The number of hydrogen-bond acceptors (Lipinski definition) is 2. The number of amides is 1. The van der Waals surface area contributed by atoms with E-state index in [1.165, 1.54) is 11.0 Å². The molecule has 0 aromatic heterocycles. The van der Waals surface area contributed by atoms with Gasteiger partial charge in [-0.25, -0.2) is 0 Å². The van der Waals surface area contributed by atoms with E-state index < -0.39 is 11.7 Å². The summed E-state index contributed by atoms with van der Waals surface area (Å²) in [7, 11) is 0. The third-order valence-electron chi connectivity index (χ3n) is 2.90. The molecular formula is C12H13F3N2O. The van der Waals surface area contributed by atoms with Crippen molar-refractivity contribution in [2.75, 3.05) is 17.2 Å². The van der Waals surface area contributed by atoms with Gasteiger partial charge in [-0.15, -0.1) is 0 Å². The molecule has 18 heavy (non-hydrogen) atoms. The van der Waals surface area contributed by atoms with Gasteiger partial charge in [0.1, 0.15) is 0 Å². The third kappa shape index (κ3) is 2.42. The van der Waals surface area contributed by atoms with E-state index in [4.69, 9.17) is 5.73 Å². The number of nitrogen functional groups attached to an aromatic ring is 1. The molecule has 1 atom stereocenters. The predicted molar refractivity (Wildman–Crippen MR) is 62.0 cm³/mol. The van der Waals surface area contributed by atoms with Crippen LogP contribution in [0.4, 0.5) is 24.5 Å². The van der Waals surface area contributed by atoms with Crippen LogP contribution in [0.3, 0.4) is 0 Å². The number of rotatable bonds is 1. The van der Waals surface area contributed by atoms with E-state index in [-0.39, 0.29) is 23.2 Å². The first-order chi connectivity index (χ1) is 8.27. The molecule has 6 heteroatoms. The molecule has 1 saturated heterocycles. The molecule has 1 unspecified atom stereocenters. The highest BCUT2D eigenvalue weighted by atomic mass is 19.4. The van der Waals surface area contributed by atoms with Crippen LogP contribution in [0.1, 0.15) is 18.9 Å². The summed E-state index contributed by atoms with van der Waals surface area (Å²) in [5.41, 5.74) is 4.86. The molecule has 1 aliphatic rings. The number of carbonyl (C=O) groups is 1. The van der Waals surface area contributed by atoms with Gasteiger partial charge in [0.25, 0.3) is 0 Å². The number of nitrogens with zero attached hydrogens (tertiary/aromatic N) is 1. The number of hydrogen-bond donors (Lipinski definition) is 1. The second-order valence-corrected chi connectivity index (χ2v) is 4.62. The average molecular weight is 258 g/mol. The highest BCUT2D eigenvalue weighted by molar-refractivity contribution is 5.96. The van der Waals surface area contributed by atoms with Gasteiger partial charge in [0.05, 0.1) is 5.56 Å². The van der Waals surface area contributed by atoms with Crippen LogP contribution in [0.5, 0.6) is 0 Å². The minimum Gasteiger partial charge on any atom is -0.399 e. The quantitative estimate of drug-likeness (QED) is 0.787. The highest BCUT2D eigenvalue weighted by Gasteiger charge is 2.33. The topological polar surface area (TPSA) is 46.3 Å². The Morgan fingerprint density at radius 2 is 2.00 bits per heavy atom. The van der Waals surface area contributed by atoms with E-state index in [1.807, 2.05) is 6.92 Å². The summed E-state index contributed by atoms with van der Waals surface area (Å²) >= 11 is 0. The van der Waals surface area contributed by atoms with Crippen LogP contribution in [0.2, 0.25) is 0 Å². The predicted octanol–water partition coefficient (Wildman–Crippen LogP) is 2.66. The van der Waals surface area contributed by atoms with E-state index in [9.17, 15) is 18.0 Å². The lowest BCUT2D eigenvalue weighted by Crippen LogP contribution is -2.25.